The number of nitrogens with zero attached hydrogens (tertiary/aromatic N) is 2. The lowest BCUT2D eigenvalue weighted by molar-refractivity contribution is 0.102. The molecule has 28 heavy (non-hydrogen) atoms. The van der Waals surface area contributed by atoms with E-state index in [1.165, 1.54) is 16.4 Å². The van der Waals surface area contributed by atoms with E-state index in [1.807, 2.05) is 0 Å². The molecule has 0 radical (unpaired) electrons. The fourth-order valence-electron chi connectivity index (χ4n) is 3.02. The van der Waals surface area contributed by atoms with Crippen LogP contribution in [0, 0.1) is 0 Å². The SMILES string of the molecule is CCN1CCN(S(=O)(=O)c2ccc(NC(=O)c3cc(Br)ccc3Cl)cc2)CC1. The third kappa shape index (κ3) is 4.75. The Labute approximate surface area is 178 Å². The van der Waals surface area contributed by atoms with Crippen LogP contribution in [0.15, 0.2) is 51.8 Å². The largest absolute Gasteiger partial charge is 0.322 e. The Hall–Kier alpha value is -1.45. The maximum Gasteiger partial charge on any atom is 0.257 e. The highest BCUT2D eigenvalue weighted by molar-refractivity contribution is 9.10. The Morgan fingerprint density at radius 3 is 2.36 bits per heavy atom. The lowest BCUT2D eigenvalue weighted by atomic mass is 10.2. The molecule has 1 amide bonds. The van der Waals surface area contributed by atoms with Crippen LogP contribution in [0.4, 0.5) is 5.69 Å². The minimum absolute atomic E-state index is 0.218. The van der Waals surface area contributed by atoms with E-state index in [2.05, 4.69) is 33.1 Å². The first-order valence-electron chi connectivity index (χ1n) is 8.90. The molecule has 0 atom stereocenters. The minimum Gasteiger partial charge on any atom is -0.322 e. The molecule has 3 rings (SSSR count). The summed E-state index contributed by atoms with van der Waals surface area (Å²) in [5.74, 6) is -0.363. The van der Waals surface area contributed by atoms with Crippen molar-refractivity contribution in [2.75, 3.05) is 38.0 Å². The smallest absolute Gasteiger partial charge is 0.257 e. The van der Waals surface area contributed by atoms with Crippen LogP contribution in [0.5, 0.6) is 0 Å². The molecule has 1 heterocycles. The molecule has 2 aromatic rings. The number of nitrogens with one attached hydrogen (secondary N) is 1. The van der Waals surface area contributed by atoms with Crippen molar-refractivity contribution in [3.05, 3.63) is 57.5 Å². The molecule has 0 saturated carbocycles. The molecular weight excluding hydrogens is 466 g/mol. The number of anilines is 1. The molecule has 0 unspecified atom stereocenters. The highest BCUT2D eigenvalue weighted by Gasteiger charge is 2.27. The number of hydrogen-bond donors (Lipinski definition) is 1. The summed E-state index contributed by atoms with van der Waals surface area (Å²) < 4.78 is 27.9. The van der Waals surface area contributed by atoms with Crippen molar-refractivity contribution in [1.82, 2.24) is 9.21 Å². The van der Waals surface area contributed by atoms with Crippen molar-refractivity contribution >= 4 is 49.1 Å². The van der Waals surface area contributed by atoms with E-state index in [4.69, 9.17) is 11.6 Å². The second kappa shape index (κ2) is 8.92. The van der Waals surface area contributed by atoms with Gasteiger partial charge in [-0.1, -0.05) is 34.5 Å². The molecule has 1 saturated heterocycles. The molecule has 1 aliphatic rings. The van der Waals surface area contributed by atoms with Crippen LogP contribution < -0.4 is 5.32 Å². The molecule has 1 fully saturated rings. The number of sulfonamides is 1. The third-order valence-corrected chi connectivity index (χ3v) is 7.44. The van der Waals surface area contributed by atoms with Gasteiger partial charge in [0.25, 0.3) is 5.91 Å². The summed E-state index contributed by atoms with van der Waals surface area (Å²) in [5, 5.41) is 3.08. The van der Waals surface area contributed by atoms with Gasteiger partial charge < -0.3 is 10.2 Å². The second-order valence-corrected chi connectivity index (χ2v) is 9.70. The van der Waals surface area contributed by atoms with Crippen molar-refractivity contribution in [2.45, 2.75) is 11.8 Å². The van der Waals surface area contributed by atoms with Crippen LogP contribution in [0.2, 0.25) is 5.02 Å². The van der Waals surface area contributed by atoms with Gasteiger partial charge in [-0.05, 0) is 49.0 Å². The average molecular weight is 487 g/mol. The summed E-state index contributed by atoms with van der Waals surface area (Å²) in [6.07, 6.45) is 0. The first-order chi connectivity index (χ1) is 13.3. The Bertz CT molecular complexity index is 959. The lowest BCUT2D eigenvalue weighted by Crippen LogP contribution is -2.48. The van der Waals surface area contributed by atoms with E-state index in [1.54, 1.807) is 30.3 Å². The normalized spacial score (nSPS) is 16.1. The van der Waals surface area contributed by atoms with E-state index in [-0.39, 0.29) is 10.8 Å². The predicted molar refractivity (Wildman–Crippen MR) is 114 cm³/mol. The van der Waals surface area contributed by atoms with Gasteiger partial charge >= 0.3 is 0 Å². The molecule has 0 spiro atoms. The highest BCUT2D eigenvalue weighted by atomic mass is 79.9. The van der Waals surface area contributed by atoms with Gasteiger partial charge in [0.15, 0.2) is 0 Å². The molecule has 0 bridgehead atoms. The maximum atomic E-state index is 12.8. The Kier molecular flexibility index (Phi) is 6.77. The van der Waals surface area contributed by atoms with Crippen molar-refractivity contribution < 1.29 is 13.2 Å². The van der Waals surface area contributed by atoms with Crippen LogP contribution in [0.25, 0.3) is 0 Å². The number of benzene rings is 2. The lowest BCUT2D eigenvalue weighted by Gasteiger charge is -2.33. The maximum absolute atomic E-state index is 12.8. The molecule has 1 N–H and O–H groups in total. The minimum atomic E-state index is -3.54. The van der Waals surface area contributed by atoms with Gasteiger partial charge in [-0.25, -0.2) is 8.42 Å². The van der Waals surface area contributed by atoms with Gasteiger partial charge in [0.1, 0.15) is 0 Å². The van der Waals surface area contributed by atoms with E-state index in [0.29, 0.717) is 29.4 Å². The van der Waals surface area contributed by atoms with Crippen LogP contribution in [0.3, 0.4) is 0 Å². The summed E-state index contributed by atoms with van der Waals surface area (Å²) in [7, 11) is -3.54. The van der Waals surface area contributed by atoms with Crippen molar-refractivity contribution in [3.8, 4) is 0 Å². The van der Waals surface area contributed by atoms with E-state index >= 15 is 0 Å². The zero-order valence-corrected chi connectivity index (χ0v) is 18.5. The Morgan fingerprint density at radius 1 is 1.11 bits per heavy atom. The average Bonchev–Trinajstić information content (AvgIpc) is 2.70. The standard InChI is InChI=1S/C19H21BrClN3O3S/c1-2-23-9-11-24(12-10-23)28(26,27)16-6-4-15(5-7-16)22-19(25)17-13-14(20)3-8-18(17)21/h3-8,13H,2,9-12H2,1H3,(H,22,25). The third-order valence-electron chi connectivity index (χ3n) is 4.70. The number of piperazine rings is 1. The van der Waals surface area contributed by atoms with Gasteiger partial charge in [-0.15, -0.1) is 0 Å². The summed E-state index contributed by atoms with van der Waals surface area (Å²) in [6.45, 7) is 5.42. The highest BCUT2D eigenvalue weighted by Crippen LogP contribution is 2.23. The molecule has 2 aromatic carbocycles. The zero-order chi connectivity index (χ0) is 20.3. The number of carbonyl (C=O) groups excluding carboxylic acids is 1. The van der Waals surface area contributed by atoms with Crippen LogP contribution >= 0.6 is 27.5 Å². The fourth-order valence-corrected chi connectivity index (χ4v) is 5.00. The van der Waals surface area contributed by atoms with Gasteiger partial charge in [-0.2, -0.15) is 4.31 Å². The van der Waals surface area contributed by atoms with E-state index in [9.17, 15) is 13.2 Å². The first kappa shape index (κ1) is 21.3. The molecule has 0 aromatic heterocycles. The number of likely N-dealkylation sites (N-methyl/N-ethyl adjacent to an activating group) is 1. The summed E-state index contributed by atoms with van der Waals surface area (Å²) in [4.78, 5) is 14.9. The van der Waals surface area contributed by atoms with Gasteiger partial charge in [0.2, 0.25) is 10.0 Å². The first-order valence-corrected chi connectivity index (χ1v) is 11.5. The monoisotopic (exact) mass is 485 g/mol. The van der Waals surface area contributed by atoms with E-state index in [0.717, 1.165) is 24.1 Å². The summed E-state index contributed by atoms with van der Waals surface area (Å²) >= 11 is 9.39. The van der Waals surface area contributed by atoms with Crippen LogP contribution in [-0.4, -0.2) is 56.3 Å². The van der Waals surface area contributed by atoms with Crippen molar-refractivity contribution in [1.29, 1.82) is 0 Å². The number of carbonyl (C=O) groups is 1. The quantitative estimate of drug-likeness (QED) is 0.700. The van der Waals surface area contributed by atoms with Crippen LogP contribution in [0.1, 0.15) is 17.3 Å². The molecule has 0 aliphatic carbocycles. The molecular formula is C19H21BrClN3O3S. The topological polar surface area (TPSA) is 69.7 Å². The van der Waals surface area contributed by atoms with Gasteiger partial charge in [0.05, 0.1) is 15.5 Å². The Morgan fingerprint density at radius 2 is 1.75 bits per heavy atom. The summed E-state index contributed by atoms with van der Waals surface area (Å²) in [5.41, 5.74) is 0.831. The summed E-state index contributed by atoms with van der Waals surface area (Å²) in [6, 6.07) is 11.2. The number of hydrogen-bond acceptors (Lipinski definition) is 4. The van der Waals surface area contributed by atoms with Crippen LogP contribution in [-0.2, 0) is 10.0 Å². The fraction of sp³-hybridized carbons (Fsp3) is 0.316. The predicted octanol–water partition coefficient (Wildman–Crippen LogP) is 3.68. The van der Waals surface area contributed by atoms with E-state index < -0.39 is 10.0 Å². The van der Waals surface area contributed by atoms with Gasteiger partial charge in [0, 0.05) is 36.3 Å². The van der Waals surface area contributed by atoms with Gasteiger partial charge in [-0.3, -0.25) is 4.79 Å². The molecule has 6 nitrogen and oxygen atoms in total. The number of rotatable bonds is 5. The number of amides is 1. The Balaban J connectivity index is 1.71. The zero-order valence-electron chi connectivity index (χ0n) is 15.4. The van der Waals surface area contributed by atoms with Crippen molar-refractivity contribution in [2.24, 2.45) is 0 Å². The number of halogens is 2. The second-order valence-electron chi connectivity index (χ2n) is 6.44. The molecule has 1 aliphatic heterocycles. The molecule has 150 valence electrons. The molecule has 9 heteroatoms. The van der Waals surface area contributed by atoms with Crippen molar-refractivity contribution in [3.63, 3.8) is 0 Å².